The highest BCUT2D eigenvalue weighted by Gasteiger charge is 2.33. The van der Waals surface area contributed by atoms with Crippen LogP contribution in [0.2, 0.25) is 0 Å². The first-order valence-electron chi connectivity index (χ1n) is 7.97. The number of amides is 2. The number of anilines is 1. The van der Waals surface area contributed by atoms with Crippen molar-refractivity contribution in [2.24, 2.45) is 0 Å². The normalized spacial score (nSPS) is 10.9. The van der Waals surface area contributed by atoms with Gasteiger partial charge < -0.3 is 20.1 Å². The van der Waals surface area contributed by atoms with Crippen LogP contribution < -0.4 is 20.1 Å². The molecule has 2 aromatic rings. The van der Waals surface area contributed by atoms with Crippen molar-refractivity contribution in [3.05, 3.63) is 54.1 Å². The van der Waals surface area contributed by atoms with Crippen molar-refractivity contribution in [3.8, 4) is 11.5 Å². The number of nitrogens with one attached hydrogen (secondary N) is 2. The minimum absolute atomic E-state index is 0.124. The molecule has 0 radical (unpaired) electrons. The number of carbonyl (C=O) groups is 1. The monoisotopic (exact) mass is 368 g/mol. The van der Waals surface area contributed by atoms with E-state index in [4.69, 9.17) is 9.47 Å². The van der Waals surface area contributed by atoms with Gasteiger partial charge in [0.25, 0.3) is 0 Å². The Balaban J connectivity index is 1.80. The summed E-state index contributed by atoms with van der Waals surface area (Å²) in [4.78, 5) is 11.8. The van der Waals surface area contributed by atoms with Gasteiger partial charge in [0.15, 0.2) is 0 Å². The lowest BCUT2D eigenvalue weighted by molar-refractivity contribution is -0.136. The second kappa shape index (κ2) is 8.98. The van der Waals surface area contributed by atoms with Crippen molar-refractivity contribution in [1.82, 2.24) is 5.32 Å². The van der Waals surface area contributed by atoms with Crippen molar-refractivity contribution in [3.63, 3.8) is 0 Å². The molecule has 0 saturated heterocycles. The van der Waals surface area contributed by atoms with Crippen LogP contribution in [-0.2, 0) is 6.18 Å². The largest absolute Gasteiger partial charge is 0.494 e. The zero-order valence-electron chi connectivity index (χ0n) is 14.1. The van der Waals surface area contributed by atoms with Crippen molar-refractivity contribution in [1.29, 1.82) is 0 Å². The molecule has 0 saturated carbocycles. The fourth-order valence-corrected chi connectivity index (χ4v) is 2.16. The zero-order chi connectivity index (χ0) is 19.0. The molecule has 0 aromatic heterocycles. The summed E-state index contributed by atoms with van der Waals surface area (Å²) in [5, 5.41) is 4.64. The van der Waals surface area contributed by atoms with Gasteiger partial charge in [-0.2, -0.15) is 13.2 Å². The van der Waals surface area contributed by atoms with Gasteiger partial charge in [-0.3, -0.25) is 0 Å². The topological polar surface area (TPSA) is 59.6 Å². The number of ether oxygens (including phenoxy) is 2. The molecule has 2 rings (SSSR count). The van der Waals surface area contributed by atoms with Gasteiger partial charge in [0.1, 0.15) is 18.1 Å². The Kier molecular flexibility index (Phi) is 6.71. The summed E-state index contributed by atoms with van der Waals surface area (Å²) >= 11 is 0. The molecular formula is C18H19F3N2O3. The van der Waals surface area contributed by atoms with E-state index in [0.717, 1.165) is 6.07 Å². The number of carbonyl (C=O) groups excluding carboxylic acids is 1. The standard InChI is InChI=1S/C18H19F3N2O3/c1-2-25-13-6-5-7-14(12-13)26-11-10-22-17(24)23-16-9-4-3-8-15(16)18(19,20)21/h3-9,12H,2,10-11H2,1H3,(H2,22,23,24). The quantitative estimate of drug-likeness (QED) is 0.716. The van der Waals surface area contributed by atoms with Crippen molar-refractivity contribution in [2.45, 2.75) is 13.1 Å². The third kappa shape index (κ3) is 5.87. The van der Waals surface area contributed by atoms with Gasteiger partial charge in [-0.15, -0.1) is 0 Å². The molecule has 8 heteroatoms. The Morgan fingerprint density at radius 1 is 1.04 bits per heavy atom. The Morgan fingerprint density at radius 2 is 1.73 bits per heavy atom. The number of para-hydroxylation sites is 1. The van der Waals surface area contributed by atoms with Crippen LogP contribution in [-0.4, -0.2) is 25.8 Å². The molecule has 2 amide bonds. The van der Waals surface area contributed by atoms with E-state index in [9.17, 15) is 18.0 Å². The maximum absolute atomic E-state index is 12.9. The van der Waals surface area contributed by atoms with Crippen LogP contribution in [0.15, 0.2) is 48.5 Å². The van der Waals surface area contributed by atoms with E-state index >= 15 is 0 Å². The fraction of sp³-hybridized carbons (Fsp3) is 0.278. The molecule has 0 atom stereocenters. The first-order valence-corrected chi connectivity index (χ1v) is 7.97. The van der Waals surface area contributed by atoms with Crippen molar-refractivity contribution >= 4 is 11.7 Å². The van der Waals surface area contributed by atoms with Crippen LogP contribution >= 0.6 is 0 Å². The zero-order valence-corrected chi connectivity index (χ0v) is 14.1. The average molecular weight is 368 g/mol. The van der Waals surface area contributed by atoms with Crippen LogP contribution in [0.4, 0.5) is 23.7 Å². The number of hydrogen-bond acceptors (Lipinski definition) is 3. The van der Waals surface area contributed by atoms with Crippen LogP contribution in [0.25, 0.3) is 0 Å². The first kappa shape index (κ1) is 19.4. The van der Waals surface area contributed by atoms with E-state index in [1.165, 1.54) is 18.2 Å². The van der Waals surface area contributed by atoms with E-state index in [-0.39, 0.29) is 18.8 Å². The lowest BCUT2D eigenvalue weighted by Crippen LogP contribution is -2.32. The highest BCUT2D eigenvalue weighted by molar-refractivity contribution is 5.90. The average Bonchev–Trinajstić information content (AvgIpc) is 2.59. The van der Waals surface area contributed by atoms with Crippen LogP contribution in [0.3, 0.4) is 0 Å². The highest BCUT2D eigenvalue weighted by atomic mass is 19.4. The summed E-state index contributed by atoms with van der Waals surface area (Å²) in [5.74, 6) is 1.24. The lowest BCUT2D eigenvalue weighted by Gasteiger charge is -2.14. The SMILES string of the molecule is CCOc1cccc(OCCNC(=O)Nc2ccccc2C(F)(F)F)c1. The molecule has 0 unspecified atom stereocenters. The molecule has 0 aliphatic rings. The van der Waals surface area contributed by atoms with Gasteiger partial charge in [0, 0.05) is 6.07 Å². The van der Waals surface area contributed by atoms with Crippen LogP contribution in [0.5, 0.6) is 11.5 Å². The second-order valence-corrected chi connectivity index (χ2v) is 5.18. The minimum atomic E-state index is -4.54. The maximum Gasteiger partial charge on any atom is 0.418 e. The van der Waals surface area contributed by atoms with Crippen molar-refractivity contribution in [2.75, 3.05) is 25.1 Å². The van der Waals surface area contributed by atoms with Gasteiger partial charge >= 0.3 is 12.2 Å². The number of halogens is 3. The second-order valence-electron chi connectivity index (χ2n) is 5.18. The van der Waals surface area contributed by atoms with E-state index in [1.807, 2.05) is 6.92 Å². The minimum Gasteiger partial charge on any atom is -0.494 e. The van der Waals surface area contributed by atoms with E-state index in [1.54, 1.807) is 24.3 Å². The predicted octanol–water partition coefficient (Wildman–Crippen LogP) is 4.30. The Morgan fingerprint density at radius 3 is 2.42 bits per heavy atom. The van der Waals surface area contributed by atoms with Gasteiger partial charge in [-0.05, 0) is 31.2 Å². The molecule has 0 heterocycles. The summed E-state index contributed by atoms with van der Waals surface area (Å²) in [6, 6.07) is 11.0. The summed E-state index contributed by atoms with van der Waals surface area (Å²) in [6.45, 7) is 2.68. The number of alkyl halides is 3. The molecule has 26 heavy (non-hydrogen) atoms. The molecule has 2 N–H and O–H groups in total. The van der Waals surface area contributed by atoms with Gasteiger partial charge in [-0.1, -0.05) is 18.2 Å². The van der Waals surface area contributed by atoms with Crippen molar-refractivity contribution < 1.29 is 27.4 Å². The molecular weight excluding hydrogens is 349 g/mol. The Bertz CT molecular complexity index is 736. The van der Waals surface area contributed by atoms with Gasteiger partial charge in [-0.25, -0.2) is 4.79 Å². The van der Waals surface area contributed by atoms with E-state index in [2.05, 4.69) is 10.6 Å². The molecule has 2 aromatic carbocycles. The summed E-state index contributed by atoms with van der Waals surface area (Å²) in [6.07, 6.45) is -4.54. The number of benzene rings is 2. The van der Waals surface area contributed by atoms with E-state index < -0.39 is 17.8 Å². The molecule has 0 bridgehead atoms. The molecule has 0 aliphatic heterocycles. The third-order valence-electron chi connectivity index (χ3n) is 3.25. The van der Waals surface area contributed by atoms with Gasteiger partial charge in [0.05, 0.1) is 24.4 Å². The lowest BCUT2D eigenvalue weighted by atomic mass is 10.1. The first-order chi connectivity index (χ1) is 12.4. The summed E-state index contributed by atoms with van der Waals surface area (Å²) in [5.41, 5.74) is -1.21. The van der Waals surface area contributed by atoms with Crippen LogP contribution in [0, 0.1) is 0 Å². The summed E-state index contributed by atoms with van der Waals surface area (Å²) in [7, 11) is 0. The smallest absolute Gasteiger partial charge is 0.418 e. The number of rotatable bonds is 7. The fourth-order valence-electron chi connectivity index (χ4n) is 2.16. The summed E-state index contributed by atoms with van der Waals surface area (Å²) < 4.78 is 49.4. The number of hydrogen-bond donors (Lipinski definition) is 2. The van der Waals surface area contributed by atoms with E-state index in [0.29, 0.717) is 18.1 Å². The Labute approximate surface area is 149 Å². The molecule has 0 spiro atoms. The molecule has 0 aliphatic carbocycles. The molecule has 140 valence electrons. The van der Waals surface area contributed by atoms with Crippen LogP contribution in [0.1, 0.15) is 12.5 Å². The molecule has 0 fully saturated rings. The maximum atomic E-state index is 12.9. The number of urea groups is 1. The highest BCUT2D eigenvalue weighted by Crippen LogP contribution is 2.34. The predicted molar refractivity (Wildman–Crippen MR) is 91.6 cm³/mol. The van der Waals surface area contributed by atoms with Gasteiger partial charge in [0.2, 0.25) is 0 Å². The Hall–Kier alpha value is -2.90. The third-order valence-corrected chi connectivity index (χ3v) is 3.25. The molecule has 5 nitrogen and oxygen atoms in total.